The lowest BCUT2D eigenvalue weighted by Gasteiger charge is -2.57. The van der Waals surface area contributed by atoms with Crippen molar-refractivity contribution in [2.24, 2.45) is 33.5 Å². The van der Waals surface area contributed by atoms with E-state index in [9.17, 15) is 5.11 Å². The largest absolute Gasteiger partial charge is 0.392 e. The third kappa shape index (κ3) is 0.592. The maximum absolute atomic E-state index is 10.9. The molecule has 1 heteroatoms. The van der Waals surface area contributed by atoms with Gasteiger partial charge in [0, 0.05) is 10.8 Å². The molecule has 1 spiro atoms. The zero-order valence-electron chi connectivity index (χ0n) is 11.0. The molecule has 0 aliphatic heterocycles. The summed E-state index contributed by atoms with van der Waals surface area (Å²) >= 11 is 0. The first kappa shape index (κ1) is 9.94. The smallest absolute Gasteiger partial charge is 0.0666 e. The molecule has 0 amide bonds. The van der Waals surface area contributed by atoms with Crippen LogP contribution in [-0.2, 0) is 0 Å². The lowest BCUT2D eigenvalue weighted by atomic mass is 9.48. The van der Waals surface area contributed by atoms with Gasteiger partial charge in [0.1, 0.15) is 0 Å². The van der Waals surface area contributed by atoms with Gasteiger partial charge in [0.25, 0.3) is 0 Å². The molecule has 0 aromatic carbocycles. The van der Waals surface area contributed by atoms with E-state index in [0.717, 1.165) is 11.8 Å². The van der Waals surface area contributed by atoms with Crippen molar-refractivity contribution < 1.29 is 5.11 Å². The summed E-state index contributed by atoms with van der Waals surface area (Å²) in [7, 11) is 0. The Balaban J connectivity index is 1.97. The van der Waals surface area contributed by atoms with Crippen LogP contribution in [0, 0.1) is 33.5 Å². The minimum atomic E-state index is -0.0182. The maximum Gasteiger partial charge on any atom is 0.0666 e. The van der Waals surface area contributed by atoms with Crippen molar-refractivity contribution >= 4 is 0 Å². The van der Waals surface area contributed by atoms with E-state index in [1.807, 2.05) is 0 Å². The van der Waals surface area contributed by atoms with E-state index in [0.29, 0.717) is 16.2 Å². The van der Waals surface area contributed by atoms with Gasteiger partial charge in [-0.2, -0.15) is 0 Å². The molecule has 0 radical (unpaired) electrons. The van der Waals surface area contributed by atoms with E-state index in [1.165, 1.54) is 25.7 Å². The van der Waals surface area contributed by atoms with Crippen LogP contribution in [0.4, 0.5) is 0 Å². The molecule has 2 unspecified atom stereocenters. The Morgan fingerprint density at radius 3 is 2.25 bits per heavy atom. The van der Waals surface area contributed by atoms with E-state index < -0.39 is 0 Å². The van der Waals surface area contributed by atoms with Crippen LogP contribution in [-0.4, -0.2) is 11.2 Å². The molecule has 0 heterocycles. The first-order chi connectivity index (χ1) is 7.32. The van der Waals surface area contributed by atoms with Gasteiger partial charge in [-0.05, 0) is 41.9 Å². The van der Waals surface area contributed by atoms with Crippen LogP contribution in [0.25, 0.3) is 0 Å². The summed E-state index contributed by atoms with van der Waals surface area (Å²) in [6.07, 6.45) is 5.35. The number of aliphatic hydroxyl groups excluding tert-OH is 1. The van der Waals surface area contributed by atoms with Gasteiger partial charge in [-0.3, -0.25) is 0 Å². The fourth-order valence-corrected chi connectivity index (χ4v) is 7.20. The molecule has 0 saturated heterocycles. The zero-order valence-corrected chi connectivity index (χ0v) is 11.0. The van der Waals surface area contributed by atoms with E-state index in [-0.39, 0.29) is 11.5 Å². The van der Waals surface area contributed by atoms with Gasteiger partial charge in [0.15, 0.2) is 0 Å². The molecular weight excluding hydrogens is 196 g/mol. The second-order valence-electron chi connectivity index (χ2n) is 8.18. The molecule has 4 bridgehead atoms. The summed E-state index contributed by atoms with van der Waals surface area (Å²) in [4.78, 5) is 0. The molecule has 5 aliphatic rings. The van der Waals surface area contributed by atoms with Crippen LogP contribution in [0.3, 0.4) is 0 Å². The van der Waals surface area contributed by atoms with Crippen molar-refractivity contribution in [2.45, 2.75) is 59.5 Å². The predicted molar refractivity (Wildman–Crippen MR) is 63.9 cm³/mol. The van der Waals surface area contributed by atoms with Crippen molar-refractivity contribution in [1.82, 2.24) is 0 Å². The van der Waals surface area contributed by atoms with E-state index in [1.54, 1.807) is 0 Å². The van der Waals surface area contributed by atoms with Gasteiger partial charge in [-0.25, -0.2) is 0 Å². The van der Waals surface area contributed by atoms with Crippen molar-refractivity contribution in [3.05, 3.63) is 0 Å². The Kier molecular flexibility index (Phi) is 1.33. The average molecular weight is 220 g/mol. The molecule has 6 atom stereocenters. The van der Waals surface area contributed by atoms with Gasteiger partial charge < -0.3 is 5.11 Å². The third-order valence-electron chi connectivity index (χ3n) is 7.77. The highest BCUT2D eigenvalue weighted by molar-refractivity contribution is 5.40. The highest BCUT2D eigenvalue weighted by Crippen LogP contribution is 2.94. The van der Waals surface area contributed by atoms with Crippen LogP contribution in [0.1, 0.15) is 53.4 Å². The lowest BCUT2D eigenvalue weighted by Crippen LogP contribution is -2.53. The summed E-state index contributed by atoms with van der Waals surface area (Å²) < 4.78 is 0. The summed E-state index contributed by atoms with van der Waals surface area (Å²) in [5, 5.41) is 10.9. The first-order valence-corrected chi connectivity index (χ1v) is 7.00. The van der Waals surface area contributed by atoms with Gasteiger partial charge in [0.2, 0.25) is 0 Å². The Morgan fingerprint density at radius 1 is 1.06 bits per heavy atom. The molecule has 5 aliphatic carbocycles. The van der Waals surface area contributed by atoms with Crippen LogP contribution >= 0.6 is 0 Å². The molecule has 0 aromatic heterocycles. The number of hydrogen-bond donors (Lipinski definition) is 1. The third-order valence-corrected chi connectivity index (χ3v) is 7.77. The minimum absolute atomic E-state index is 0.0182. The molecule has 5 rings (SSSR count). The van der Waals surface area contributed by atoms with Crippen LogP contribution in [0.2, 0.25) is 0 Å². The van der Waals surface area contributed by atoms with Crippen LogP contribution < -0.4 is 0 Å². The molecule has 5 saturated carbocycles. The topological polar surface area (TPSA) is 20.2 Å². The number of rotatable bonds is 0. The summed E-state index contributed by atoms with van der Waals surface area (Å²) in [6.45, 7) is 9.70. The summed E-state index contributed by atoms with van der Waals surface area (Å²) in [5.41, 5.74) is 1.35. The highest BCUT2D eigenvalue weighted by Gasteiger charge is 2.92. The van der Waals surface area contributed by atoms with E-state index in [4.69, 9.17) is 0 Å². The van der Waals surface area contributed by atoms with Crippen molar-refractivity contribution in [3.63, 3.8) is 0 Å². The van der Waals surface area contributed by atoms with Gasteiger partial charge in [-0.15, -0.1) is 0 Å². The molecule has 1 N–H and O–H groups in total. The summed E-state index contributed by atoms with van der Waals surface area (Å²) in [5.74, 6) is 1.69. The van der Waals surface area contributed by atoms with Gasteiger partial charge >= 0.3 is 0 Å². The Hall–Kier alpha value is -0.0400. The van der Waals surface area contributed by atoms with Crippen LogP contribution in [0.5, 0.6) is 0 Å². The normalized spacial score (nSPS) is 69.2. The fraction of sp³-hybridized carbons (Fsp3) is 1.00. The van der Waals surface area contributed by atoms with E-state index >= 15 is 0 Å². The molecule has 5 fully saturated rings. The lowest BCUT2D eigenvalue weighted by molar-refractivity contribution is -0.129. The minimum Gasteiger partial charge on any atom is -0.392 e. The predicted octanol–water partition coefficient (Wildman–Crippen LogP) is 3.22. The maximum atomic E-state index is 10.9. The fourth-order valence-electron chi connectivity index (χ4n) is 7.20. The van der Waals surface area contributed by atoms with Crippen molar-refractivity contribution in [3.8, 4) is 0 Å². The molecule has 0 aromatic rings. The monoisotopic (exact) mass is 220 g/mol. The number of aliphatic hydroxyl groups is 1. The van der Waals surface area contributed by atoms with Crippen molar-refractivity contribution in [2.75, 3.05) is 0 Å². The molecular formula is C15H24O. The summed E-state index contributed by atoms with van der Waals surface area (Å²) in [6, 6.07) is 0. The Morgan fingerprint density at radius 2 is 1.75 bits per heavy atom. The molecule has 1 nitrogen and oxygen atoms in total. The standard InChI is InChI=1S/C15H24O/c1-12(2)6-5-7-13(3)10-9-8-15(12,13)11(16)14(9,10)4/h9-11,16H,5-8H2,1-4H3/t9?,10-,11-,13-,14?,15-/m1/s1. The van der Waals surface area contributed by atoms with Gasteiger partial charge in [0.05, 0.1) is 6.10 Å². The van der Waals surface area contributed by atoms with Gasteiger partial charge in [-0.1, -0.05) is 34.1 Å². The first-order valence-electron chi connectivity index (χ1n) is 7.00. The second kappa shape index (κ2) is 2.13. The Labute approximate surface area is 98.6 Å². The van der Waals surface area contributed by atoms with E-state index in [2.05, 4.69) is 27.7 Å². The SMILES string of the molecule is CC12C3C[C@@]4([C@@H]1O)C(C)(C)CCC[C@]4(C)[C@@H]32. The molecule has 90 valence electrons. The number of hydrogen-bond acceptors (Lipinski definition) is 1. The molecule has 16 heavy (non-hydrogen) atoms. The zero-order chi connectivity index (χ0) is 11.6. The highest BCUT2D eigenvalue weighted by atomic mass is 16.3. The second-order valence-corrected chi connectivity index (χ2v) is 8.18. The van der Waals surface area contributed by atoms with Crippen LogP contribution in [0.15, 0.2) is 0 Å². The Bertz CT molecular complexity index is 387. The quantitative estimate of drug-likeness (QED) is 0.664. The average Bonchev–Trinajstić information content (AvgIpc) is 2.45. The van der Waals surface area contributed by atoms with Crippen molar-refractivity contribution in [1.29, 1.82) is 0 Å².